The van der Waals surface area contributed by atoms with Crippen LogP contribution in [0.2, 0.25) is 10.0 Å². The number of halogens is 2. The van der Waals surface area contributed by atoms with Crippen molar-refractivity contribution in [3.63, 3.8) is 0 Å². The summed E-state index contributed by atoms with van der Waals surface area (Å²) in [7, 11) is 3.00. The van der Waals surface area contributed by atoms with Crippen molar-refractivity contribution in [2.45, 2.75) is 0 Å². The fourth-order valence-electron chi connectivity index (χ4n) is 2.23. The first-order valence-corrected chi connectivity index (χ1v) is 9.41. The number of rotatable bonds is 6. The maximum absolute atomic E-state index is 6.14. The van der Waals surface area contributed by atoms with Gasteiger partial charge in [0.25, 0.3) is 0 Å². The van der Waals surface area contributed by atoms with Crippen molar-refractivity contribution >= 4 is 51.9 Å². The molecule has 1 heterocycles. The van der Waals surface area contributed by atoms with Crippen molar-refractivity contribution in [3.05, 3.63) is 58.6 Å². The van der Waals surface area contributed by atoms with Gasteiger partial charge < -0.3 is 24.8 Å². The summed E-state index contributed by atoms with van der Waals surface area (Å²) in [6.07, 6.45) is 0. The Hall–Kier alpha value is -2.81. The molecule has 0 spiro atoms. The SMILES string of the molecule is COc1cc(OC)nc(Oc2ccc(NC(=S)Nc3ccc(Cl)cc3Cl)cc2)n1. The Morgan fingerprint density at radius 2 is 1.55 bits per heavy atom. The van der Waals surface area contributed by atoms with Gasteiger partial charge in [0.15, 0.2) is 5.11 Å². The van der Waals surface area contributed by atoms with Crippen LogP contribution in [-0.4, -0.2) is 29.3 Å². The van der Waals surface area contributed by atoms with E-state index in [0.717, 1.165) is 5.69 Å². The van der Waals surface area contributed by atoms with Crippen LogP contribution in [0.25, 0.3) is 0 Å². The molecule has 1 aromatic heterocycles. The Kier molecular flexibility index (Phi) is 6.92. The summed E-state index contributed by atoms with van der Waals surface area (Å²) in [5.41, 5.74) is 1.40. The Morgan fingerprint density at radius 3 is 2.14 bits per heavy atom. The van der Waals surface area contributed by atoms with Gasteiger partial charge in [-0.15, -0.1) is 0 Å². The van der Waals surface area contributed by atoms with Crippen molar-refractivity contribution in [2.24, 2.45) is 0 Å². The second-order valence-electron chi connectivity index (χ2n) is 5.56. The molecule has 0 saturated heterocycles. The summed E-state index contributed by atoms with van der Waals surface area (Å²) in [6, 6.07) is 13.9. The van der Waals surface area contributed by atoms with E-state index >= 15 is 0 Å². The number of hydrogen-bond donors (Lipinski definition) is 2. The first-order chi connectivity index (χ1) is 14.0. The highest BCUT2D eigenvalue weighted by atomic mass is 35.5. The number of benzene rings is 2. The predicted molar refractivity (Wildman–Crippen MR) is 118 cm³/mol. The van der Waals surface area contributed by atoms with Crippen LogP contribution in [0, 0.1) is 0 Å². The van der Waals surface area contributed by atoms with Crippen LogP contribution >= 0.6 is 35.4 Å². The van der Waals surface area contributed by atoms with E-state index in [-0.39, 0.29) is 6.01 Å². The highest BCUT2D eigenvalue weighted by Gasteiger charge is 2.08. The number of aromatic nitrogens is 2. The van der Waals surface area contributed by atoms with E-state index in [2.05, 4.69) is 20.6 Å². The van der Waals surface area contributed by atoms with Gasteiger partial charge >= 0.3 is 6.01 Å². The summed E-state index contributed by atoms with van der Waals surface area (Å²) in [5, 5.41) is 7.48. The summed E-state index contributed by atoms with van der Waals surface area (Å²) < 4.78 is 15.9. The van der Waals surface area contributed by atoms with E-state index in [0.29, 0.717) is 38.4 Å². The zero-order valence-corrected chi connectivity index (χ0v) is 17.7. The lowest BCUT2D eigenvalue weighted by Gasteiger charge is -2.12. The van der Waals surface area contributed by atoms with Crippen LogP contribution in [0.5, 0.6) is 23.5 Å². The van der Waals surface area contributed by atoms with E-state index in [1.54, 1.807) is 48.5 Å². The van der Waals surface area contributed by atoms with E-state index in [1.165, 1.54) is 14.2 Å². The van der Waals surface area contributed by atoms with Crippen LogP contribution in [0.3, 0.4) is 0 Å². The second kappa shape index (κ2) is 9.60. The molecule has 0 amide bonds. The maximum Gasteiger partial charge on any atom is 0.328 e. The van der Waals surface area contributed by atoms with Crippen molar-refractivity contribution in [2.75, 3.05) is 24.9 Å². The number of anilines is 2. The summed E-state index contributed by atoms with van der Waals surface area (Å²) >= 11 is 17.3. The summed E-state index contributed by atoms with van der Waals surface area (Å²) in [5.74, 6) is 1.20. The molecular formula is C19H16Cl2N4O3S. The molecule has 3 aromatic rings. The smallest absolute Gasteiger partial charge is 0.328 e. The average Bonchev–Trinajstić information content (AvgIpc) is 2.71. The number of nitrogens with zero attached hydrogens (tertiary/aromatic N) is 2. The number of nitrogens with one attached hydrogen (secondary N) is 2. The molecule has 150 valence electrons. The molecule has 2 aromatic carbocycles. The highest BCUT2D eigenvalue weighted by molar-refractivity contribution is 7.80. The molecule has 0 bridgehead atoms. The molecule has 0 aliphatic rings. The van der Waals surface area contributed by atoms with Gasteiger partial charge in [-0.1, -0.05) is 23.2 Å². The molecule has 0 radical (unpaired) electrons. The number of methoxy groups -OCH3 is 2. The average molecular weight is 451 g/mol. The van der Waals surface area contributed by atoms with Crippen molar-refractivity contribution in [3.8, 4) is 23.5 Å². The molecule has 0 aliphatic carbocycles. The summed E-state index contributed by atoms with van der Waals surface area (Å²) in [4.78, 5) is 8.25. The van der Waals surface area contributed by atoms with E-state index in [9.17, 15) is 0 Å². The Morgan fingerprint density at radius 1 is 0.897 bits per heavy atom. The minimum atomic E-state index is 0.108. The summed E-state index contributed by atoms with van der Waals surface area (Å²) in [6.45, 7) is 0. The molecule has 29 heavy (non-hydrogen) atoms. The van der Waals surface area contributed by atoms with Gasteiger partial charge in [-0.25, -0.2) is 0 Å². The third-order valence-electron chi connectivity index (χ3n) is 3.58. The minimum absolute atomic E-state index is 0.108. The third kappa shape index (κ3) is 5.83. The van der Waals surface area contributed by atoms with Gasteiger partial charge in [-0.2, -0.15) is 9.97 Å². The predicted octanol–water partition coefficient (Wildman–Crippen LogP) is 5.40. The van der Waals surface area contributed by atoms with E-state index in [4.69, 9.17) is 49.6 Å². The fraction of sp³-hybridized carbons (Fsp3) is 0.105. The number of thiocarbonyl (C=S) groups is 1. The zero-order valence-electron chi connectivity index (χ0n) is 15.4. The van der Waals surface area contributed by atoms with Crippen molar-refractivity contribution < 1.29 is 14.2 Å². The lowest BCUT2D eigenvalue weighted by atomic mass is 10.3. The Balaban J connectivity index is 1.63. The first-order valence-electron chi connectivity index (χ1n) is 8.25. The second-order valence-corrected chi connectivity index (χ2v) is 6.82. The normalized spacial score (nSPS) is 10.2. The quantitative estimate of drug-likeness (QED) is 0.483. The molecule has 3 rings (SSSR count). The van der Waals surface area contributed by atoms with Gasteiger partial charge in [0.1, 0.15) is 5.75 Å². The molecule has 2 N–H and O–H groups in total. The van der Waals surface area contributed by atoms with E-state index in [1.807, 2.05) is 0 Å². The maximum atomic E-state index is 6.14. The van der Waals surface area contributed by atoms with Crippen molar-refractivity contribution in [1.29, 1.82) is 0 Å². The highest BCUT2D eigenvalue weighted by Crippen LogP contribution is 2.27. The van der Waals surface area contributed by atoms with Crippen molar-refractivity contribution in [1.82, 2.24) is 9.97 Å². The molecule has 0 fully saturated rings. The number of hydrogen-bond acceptors (Lipinski definition) is 6. The van der Waals surface area contributed by atoms with Gasteiger partial charge in [-0.3, -0.25) is 0 Å². The Labute approximate surface area is 182 Å². The van der Waals surface area contributed by atoms with Crippen LogP contribution < -0.4 is 24.8 Å². The molecule has 0 aliphatic heterocycles. The topological polar surface area (TPSA) is 77.5 Å². The standard InChI is InChI=1S/C19H16Cl2N4O3S/c1-26-16-10-17(27-2)25-18(24-16)28-13-6-4-12(5-7-13)22-19(29)23-15-8-3-11(20)9-14(15)21/h3-10H,1-2H3,(H2,22,23,29). The van der Waals surface area contributed by atoms with Gasteiger partial charge in [0.2, 0.25) is 11.8 Å². The van der Waals surface area contributed by atoms with E-state index < -0.39 is 0 Å². The zero-order chi connectivity index (χ0) is 20.8. The van der Waals surface area contributed by atoms with Crippen LogP contribution in [0.4, 0.5) is 11.4 Å². The third-order valence-corrected chi connectivity index (χ3v) is 4.33. The monoisotopic (exact) mass is 450 g/mol. The van der Waals surface area contributed by atoms with Gasteiger partial charge in [0.05, 0.1) is 31.0 Å². The van der Waals surface area contributed by atoms with Gasteiger partial charge in [-0.05, 0) is 54.7 Å². The Bertz CT molecular complexity index is 997. The molecular weight excluding hydrogens is 435 g/mol. The van der Waals surface area contributed by atoms with Crippen LogP contribution in [-0.2, 0) is 0 Å². The molecule has 0 unspecified atom stereocenters. The lowest BCUT2D eigenvalue weighted by Crippen LogP contribution is -2.19. The molecule has 10 heteroatoms. The first kappa shape index (κ1) is 20.9. The van der Waals surface area contributed by atoms with Crippen LogP contribution in [0.15, 0.2) is 48.5 Å². The minimum Gasteiger partial charge on any atom is -0.481 e. The number of ether oxygens (including phenoxy) is 3. The molecule has 0 atom stereocenters. The molecule has 0 saturated carbocycles. The molecule has 7 nitrogen and oxygen atoms in total. The lowest BCUT2D eigenvalue weighted by molar-refractivity contribution is 0.348. The van der Waals surface area contributed by atoms with Crippen LogP contribution in [0.1, 0.15) is 0 Å². The largest absolute Gasteiger partial charge is 0.481 e. The van der Waals surface area contributed by atoms with Gasteiger partial charge in [0, 0.05) is 10.7 Å². The fourth-order valence-corrected chi connectivity index (χ4v) is 2.91.